The van der Waals surface area contributed by atoms with Gasteiger partial charge in [0.1, 0.15) is 5.82 Å². The molecule has 170 valence electrons. The highest BCUT2D eigenvalue weighted by molar-refractivity contribution is 14.0. The molecule has 0 radical (unpaired) electrons. The maximum absolute atomic E-state index is 6.12. The van der Waals surface area contributed by atoms with E-state index < -0.39 is 0 Å². The molecule has 3 aromatic rings. The number of halogens is 1. The molecule has 0 amide bonds. The Labute approximate surface area is 205 Å². The normalized spacial score (nSPS) is 21.4. The van der Waals surface area contributed by atoms with Gasteiger partial charge in [-0.1, -0.05) is 36.4 Å². The van der Waals surface area contributed by atoms with Crippen molar-refractivity contribution in [3.8, 4) is 0 Å². The molecule has 2 unspecified atom stereocenters. The van der Waals surface area contributed by atoms with Crippen LogP contribution in [0.3, 0.4) is 0 Å². The summed E-state index contributed by atoms with van der Waals surface area (Å²) in [4.78, 5) is 9.41. The molecule has 2 saturated heterocycles. The minimum atomic E-state index is 0. The molecule has 0 spiro atoms. The highest BCUT2D eigenvalue weighted by Crippen LogP contribution is 2.24. The number of pyridine rings is 1. The SMILES string of the molecule is CN=C(NCCc1nnc2ccccn12)N1CC2OCCN(Cc3ccccc3)C2C1.I. The molecule has 2 aromatic heterocycles. The maximum Gasteiger partial charge on any atom is 0.193 e. The first kappa shape index (κ1) is 22.9. The molecule has 0 saturated carbocycles. The number of aromatic nitrogens is 3. The summed E-state index contributed by atoms with van der Waals surface area (Å²) in [5, 5.41) is 12.1. The Bertz CT molecular complexity index is 1040. The fourth-order valence-electron chi connectivity index (χ4n) is 4.63. The van der Waals surface area contributed by atoms with E-state index in [1.165, 1.54) is 5.56 Å². The lowest BCUT2D eigenvalue weighted by Crippen LogP contribution is -2.50. The van der Waals surface area contributed by atoms with Gasteiger partial charge in [0.15, 0.2) is 11.6 Å². The maximum atomic E-state index is 6.12. The standard InChI is InChI=1S/C23H29N7O.HI/c1-24-23(25-11-10-22-27-26-21-9-5-6-12-30(21)22)29-16-19-20(17-29)31-14-13-28(19)15-18-7-3-2-4-8-18;/h2-9,12,19-20H,10-11,13-17H2,1H3,(H,24,25);1H. The van der Waals surface area contributed by atoms with Gasteiger partial charge in [-0.3, -0.25) is 14.3 Å². The first-order valence-electron chi connectivity index (χ1n) is 11.0. The van der Waals surface area contributed by atoms with Gasteiger partial charge in [0, 0.05) is 52.4 Å². The Morgan fingerprint density at radius 3 is 2.81 bits per heavy atom. The second kappa shape index (κ2) is 10.6. The van der Waals surface area contributed by atoms with Crippen LogP contribution in [0.1, 0.15) is 11.4 Å². The van der Waals surface area contributed by atoms with Crippen LogP contribution in [-0.2, 0) is 17.7 Å². The number of nitrogens with one attached hydrogen (secondary N) is 1. The lowest BCUT2D eigenvalue weighted by atomic mass is 10.1. The quantitative estimate of drug-likeness (QED) is 0.300. The van der Waals surface area contributed by atoms with Gasteiger partial charge >= 0.3 is 0 Å². The highest BCUT2D eigenvalue weighted by atomic mass is 127. The summed E-state index contributed by atoms with van der Waals surface area (Å²) >= 11 is 0. The number of nitrogens with zero attached hydrogens (tertiary/aromatic N) is 6. The molecule has 2 aliphatic rings. The van der Waals surface area contributed by atoms with E-state index in [-0.39, 0.29) is 30.1 Å². The predicted molar refractivity (Wildman–Crippen MR) is 135 cm³/mol. The van der Waals surface area contributed by atoms with Gasteiger partial charge < -0.3 is 15.0 Å². The summed E-state index contributed by atoms with van der Waals surface area (Å²) in [7, 11) is 1.85. The van der Waals surface area contributed by atoms with E-state index in [9.17, 15) is 0 Å². The average Bonchev–Trinajstić information content (AvgIpc) is 3.42. The Hall–Kier alpha value is -2.24. The third-order valence-corrected chi connectivity index (χ3v) is 6.17. The summed E-state index contributed by atoms with van der Waals surface area (Å²) in [6.45, 7) is 5.26. The van der Waals surface area contributed by atoms with Gasteiger partial charge in [-0.2, -0.15) is 0 Å². The number of ether oxygens (including phenoxy) is 1. The molecule has 4 heterocycles. The zero-order chi connectivity index (χ0) is 21.0. The van der Waals surface area contributed by atoms with Gasteiger partial charge in [-0.15, -0.1) is 34.2 Å². The molecular weight excluding hydrogens is 517 g/mol. The number of benzene rings is 1. The fraction of sp³-hybridized carbons (Fsp3) is 0.435. The van der Waals surface area contributed by atoms with Crippen LogP contribution < -0.4 is 5.32 Å². The number of morpholine rings is 1. The Morgan fingerprint density at radius 2 is 1.97 bits per heavy atom. The molecule has 0 bridgehead atoms. The summed E-state index contributed by atoms with van der Waals surface area (Å²) in [5.41, 5.74) is 2.23. The Balaban J connectivity index is 0.00000245. The first-order chi connectivity index (χ1) is 15.3. The van der Waals surface area contributed by atoms with Crippen molar-refractivity contribution in [1.82, 2.24) is 29.7 Å². The molecule has 2 aliphatic heterocycles. The van der Waals surface area contributed by atoms with Crippen molar-refractivity contribution in [3.63, 3.8) is 0 Å². The van der Waals surface area contributed by atoms with Crippen molar-refractivity contribution in [3.05, 3.63) is 66.1 Å². The summed E-state index contributed by atoms with van der Waals surface area (Å²) < 4.78 is 8.15. The van der Waals surface area contributed by atoms with Crippen molar-refractivity contribution in [2.24, 2.45) is 4.99 Å². The van der Waals surface area contributed by atoms with Gasteiger partial charge in [-0.25, -0.2) is 0 Å². The van der Waals surface area contributed by atoms with E-state index >= 15 is 0 Å². The van der Waals surface area contributed by atoms with Crippen LogP contribution in [0.15, 0.2) is 59.7 Å². The third kappa shape index (κ3) is 4.89. The first-order valence-corrected chi connectivity index (χ1v) is 11.0. The topological polar surface area (TPSA) is 70.3 Å². The molecule has 1 aromatic carbocycles. The predicted octanol–water partition coefficient (Wildman–Crippen LogP) is 2.05. The zero-order valence-electron chi connectivity index (χ0n) is 18.3. The molecule has 8 nitrogen and oxygen atoms in total. The van der Waals surface area contributed by atoms with Crippen LogP contribution in [-0.4, -0.2) is 82.3 Å². The van der Waals surface area contributed by atoms with Gasteiger partial charge in [0.2, 0.25) is 0 Å². The lowest BCUT2D eigenvalue weighted by Gasteiger charge is -2.36. The van der Waals surface area contributed by atoms with E-state index in [0.29, 0.717) is 6.04 Å². The van der Waals surface area contributed by atoms with Crippen LogP contribution in [0, 0.1) is 0 Å². The number of hydrogen-bond acceptors (Lipinski definition) is 5. The molecular formula is C23H30IN7O. The van der Waals surface area contributed by atoms with Crippen molar-refractivity contribution in [1.29, 1.82) is 0 Å². The highest BCUT2D eigenvalue weighted by Gasteiger charge is 2.41. The zero-order valence-corrected chi connectivity index (χ0v) is 20.6. The van der Waals surface area contributed by atoms with Gasteiger partial charge in [-0.05, 0) is 17.7 Å². The van der Waals surface area contributed by atoms with Crippen LogP contribution in [0.4, 0.5) is 0 Å². The Morgan fingerprint density at radius 1 is 1.12 bits per heavy atom. The van der Waals surface area contributed by atoms with Crippen molar-refractivity contribution < 1.29 is 4.74 Å². The van der Waals surface area contributed by atoms with Crippen molar-refractivity contribution in [2.45, 2.75) is 25.1 Å². The largest absolute Gasteiger partial charge is 0.373 e. The monoisotopic (exact) mass is 547 g/mol. The average molecular weight is 547 g/mol. The van der Waals surface area contributed by atoms with Crippen molar-refractivity contribution in [2.75, 3.05) is 39.8 Å². The minimum absolute atomic E-state index is 0. The molecule has 0 aliphatic carbocycles. The summed E-state index contributed by atoms with van der Waals surface area (Å²) in [5.74, 6) is 1.87. The third-order valence-electron chi connectivity index (χ3n) is 6.17. The molecule has 2 fully saturated rings. The molecule has 1 N–H and O–H groups in total. The fourth-order valence-corrected chi connectivity index (χ4v) is 4.63. The van der Waals surface area contributed by atoms with Crippen LogP contribution >= 0.6 is 24.0 Å². The smallest absolute Gasteiger partial charge is 0.193 e. The van der Waals surface area contributed by atoms with Crippen molar-refractivity contribution >= 4 is 35.6 Å². The van der Waals surface area contributed by atoms with E-state index in [0.717, 1.165) is 63.2 Å². The second-order valence-corrected chi connectivity index (χ2v) is 8.11. The number of fused-ring (bicyclic) bond motifs is 2. The minimum Gasteiger partial charge on any atom is -0.373 e. The van der Waals surface area contributed by atoms with E-state index in [2.05, 4.69) is 60.6 Å². The number of hydrogen-bond donors (Lipinski definition) is 1. The van der Waals surface area contributed by atoms with E-state index in [1.807, 2.05) is 35.8 Å². The summed E-state index contributed by atoms with van der Waals surface area (Å²) in [6.07, 6.45) is 3.00. The van der Waals surface area contributed by atoms with Crippen LogP contribution in [0.2, 0.25) is 0 Å². The second-order valence-electron chi connectivity index (χ2n) is 8.11. The van der Waals surface area contributed by atoms with Crippen LogP contribution in [0.5, 0.6) is 0 Å². The van der Waals surface area contributed by atoms with Crippen LogP contribution in [0.25, 0.3) is 5.65 Å². The van der Waals surface area contributed by atoms with E-state index in [4.69, 9.17) is 4.74 Å². The molecule has 5 rings (SSSR count). The molecule has 2 atom stereocenters. The number of aliphatic imine (C=N–C) groups is 1. The lowest BCUT2D eigenvalue weighted by molar-refractivity contribution is -0.0502. The number of guanidine groups is 1. The molecule has 32 heavy (non-hydrogen) atoms. The van der Waals surface area contributed by atoms with Gasteiger partial charge in [0.05, 0.1) is 18.8 Å². The van der Waals surface area contributed by atoms with Gasteiger partial charge in [0.25, 0.3) is 0 Å². The number of rotatable bonds is 5. The molecule has 9 heteroatoms. The Kier molecular flexibility index (Phi) is 7.59. The van der Waals surface area contributed by atoms with E-state index in [1.54, 1.807) is 0 Å². The number of likely N-dealkylation sites (tertiary alicyclic amines) is 1. The summed E-state index contributed by atoms with van der Waals surface area (Å²) in [6, 6.07) is 17.0.